The van der Waals surface area contributed by atoms with Gasteiger partial charge in [0.05, 0.1) is 6.61 Å². The van der Waals surface area contributed by atoms with Crippen LogP contribution in [0, 0.1) is 0 Å². The second-order valence-electron chi connectivity index (χ2n) is 7.68. The Bertz CT molecular complexity index is 454. The first-order valence-electron chi connectivity index (χ1n) is 9.53. The predicted molar refractivity (Wildman–Crippen MR) is 106 cm³/mol. The van der Waals surface area contributed by atoms with Gasteiger partial charge in [-0.3, -0.25) is 4.90 Å². The van der Waals surface area contributed by atoms with Gasteiger partial charge in [-0.1, -0.05) is 45.0 Å². The lowest BCUT2D eigenvalue weighted by atomic mass is 9.86. The largest absolute Gasteiger partial charge is 0.385 e. The van der Waals surface area contributed by atoms with Crippen LogP contribution in [0.15, 0.2) is 24.3 Å². The Balaban J connectivity index is 2.60. The lowest BCUT2D eigenvalue weighted by molar-refractivity contribution is 0.108. The SMILES string of the molecule is CCOCCN(CCCCOC)CC(N)c1ccc(C(C)(C)C)cc1. The van der Waals surface area contributed by atoms with E-state index in [9.17, 15) is 0 Å². The molecule has 0 fully saturated rings. The molecule has 0 saturated carbocycles. The number of ether oxygens (including phenoxy) is 2. The van der Waals surface area contributed by atoms with Crippen LogP contribution in [0.4, 0.5) is 0 Å². The van der Waals surface area contributed by atoms with E-state index in [4.69, 9.17) is 15.2 Å². The maximum absolute atomic E-state index is 6.48. The Labute approximate surface area is 154 Å². The predicted octanol–water partition coefficient (Wildman–Crippen LogP) is 3.75. The van der Waals surface area contributed by atoms with Gasteiger partial charge in [-0.25, -0.2) is 0 Å². The van der Waals surface area contributed by atoms with Gasteiger partial charge in [-0.15, -0.1) is 0 Å². The van der Waals surface area contributed by atoms with E-state index >= 15 is 0 Å². The van der Waals surface area contributed by atoms with Gasteiger partial charge in [0.15, 0.2) is 0 Å². The first kappa shape index (κ1) is 22.1. The maximum Gasteiger partial charge on any atom is 0.0593 e. The molecule has 144 valence electrons. The van der Waals surface area contributed by atoms with E-state index in [-0.39, 0.29) is 11.5 Å². The summed E-state index contributed by atoms with van der Waals surface area (Å²) in [5, 5.41) is 0. The number of nitrogens with two attached hydrogens (primary N) is 1. The van der Waals surface area contributed by atoms with Crippen molar-refractivity contribution in [3.05, 3.63) is 35.4 Å². The number of hydrogen-bond acceptors (Lipinski definition) is 4. The highest BCUT2D eigenvalue weighted by molar-refractivity contribution is 5.29. The highest BCUT2D eigenvalue weighted by Crippen LogP contribution is 2.23. The number of methoxy groups -OCH3 is 1. The lowest BCUT2D eigenvalue weighted by Gasteiger charge is -2.26. The fourth-order valence-electron chi connectivity index (χ4n) is 2.83. The van der Waals surface area contributed by atoms with Gasteiger partial charge in [0.2, 0.25) is 0 Å². The van der Waals surface area contributed by atoms with E-state index < -0.39 is 0 Å². The second kappa shape index (κ2) is 11.6. The van der Waals surface area contributed by atoms with Gasteiger partial charge in [-0.2, -0.15) is 0 Å². The summed E-state index contributed by atoms with van der Waals surface area (Å²) in [6.07, 6.45) is 2.20. The van der Waals surface area contributed by atoms with E-state index in [2.05, 4.69) is 49.9 Å². The van der Waals surface area contributed by atoms with Gasteiger partial charge < -0.3 is 15.2 Å². The molecule has 1 aromatic carbocycles. The zero-order chi connectivity index (χ0) is 18.7. The molecule has 1 atom stereocenters. The summed E-state index contributed by atoms with van der Waals surface area (Å²) in [4.78, 5) is 2.41. The van der Waals surface area contributed by atoms with Gasteiger partial charge in [-0.05, 0) is 42.9 Å². The minimum absolute atomic E-state index is 0.0260. The molecular formula is C21H38N2O2. The smallest absolute Gasteiger partial charge is 0.0593 e. The van der Waals surface area contributed by atoms with Crippen molar-refractivity contribution in [3.63, 3.8) is 0 Å². The molecular weight excluding hydrogens is 312 g/mol. The number of benzene rings is 1. The summed E-state index contributed by atoms with van der Waals surface area (Å²) < 4.78 is 10.7. The Kier molecular flexibility index (Phi) is 10.3. The average Bonchev–Trinajstić information content (AvgIpc) is 2.58. The van der Waals surface area contributed by atoms with Crippen molar-refractivity contribution < 1.29 is 9.47 Å². The van der Waals surface area contributed by atoms with Crippen LogP contribution in [0.2, 0.25) is 0 Å². The maximum atomic E-state index is 6.48. The molecule has 4 heteroatoms. The first-order chi connectivity index (χ1) is 11.9. The van der Waals surface area contributed by atoms with Crippen LogP contribution in [0.5, 0.6) is 0 Å². The molecule has 0 aliphatic carbocycles. The molecule has 0 radical (unpaired) electrons. The Hall–Kier alpha value is -0.940. The zero-order valence-electron chi connectivity index (χ0n) is 16.9. The summed E-state index contributed by atoms with van der Waals surface area (Å²) in [6, 6.07) is 8.79. The number of hydrogen-bond donors (Lipinski definition) is 1. The van der Waals surface area contributed by atoms with E-state index in [1.807, 2.05) is 6.92 Å². The van der Waals surface area contributed by atoms with Crippen LogP contribution in [0.1, 0.15) is 57.7 Å². The monoisotopic (exact) mass is 350 g/mol. The van der Waals surface area contributed by atoms with Gasteiger partial charge in [0, 0.05) is 39.5 Å². The fraction of sp³-hybridized carbons (Fsp3) is 0.714. The van der Waals surface area contributed by atoms with Gasteiger partial charge >= 0.3 is 0 Å². The third kappa shape index (κ3) is 8.82. The Morgan fingerprint density at radius 3 is 2.28 bits per heavy atom. The van der Waals surface area contributed by atoms with Crippen molar-refractivity contribution >= 4 is 0 Å². The molecule has 0 aromatic heterocycles. The molecule has 0 amide bonds. The summed E-state index contributed by atoms with van der Waals surface area (Å²) in [5.41, 5.74) is 9.20. The molecule has 25 heavy (non-hydrogen) atoms. The van der Waals surface area contributed by atoms with E-state index in [0.29, 0.717) is 0 Å². The second-order valence-corrected chi connectivity index (χ2v) is 7.68. The van der Waals surface area contributed by atoms with Crippen LogP contribution in [-0.2, 0) is 14.9 Å². The van der Waals surface area contributed by atoms with E-state index in [0.717, 1.165) is 52.3 Å². The van der Waals surface area contributed by atoms with Crippen LogP contribution < -0.4 is 5.73 Å². The quantitative estimate of drug-likeness (QED) is 0.583. The molecule has 0 bridgehead atoms. The summed E-state index contributed by atoms with van der Waals surface area (Å²) in [7, 11) is 1.75. The molecule has 1 aromatic rings. The number of nitrogens with zero attached hydrogens (tertiary/aromatic N) is 1. The van der Waals surface area contributed by atoms with Crippen molar-refractivity contribution in [2.24, 2.45) is 5.73 Å². The molecule has 0 heterocycles. The Morgan fingerprint density at radius 2 is 1.72 bits per heavy atom. The van der Waals surface area contributed by atoms with Crippen molar-refractivity contribution in [1.82, 2.24) is 4.90 Å². The topological polar surface area (TPSA) is 47.7 Å². The van der Waals surface area contributed by atoms with E-state index in [1.54, 1.807) is 7.11 Å². The molecule has 0 aliphatic rings. The highest BCUT2D eigenvalue weighted by atomic mass is 16.5. The molecule has 1 rings (SSSR count). The molecule has 2 N–H and O–H groups in total. The molecule has 0 saturated heterocycles. The molecule has 4 nitrogen and oxygen atoms in total. The van der Waals surface area contributed by atoms with Crippen LogP contribution in [0.3, 0.4) is 0 Å². The molecule has 0 spiro atoms. The van der Waals surface area contributed by atoms with Crippen molar-refractivity contribution in [1.29, 1.82) is 0 Å². The summed E-state index contributed by atoms with van der Waals surface area (Å²) in [5.74, 6) is 0. The average molecular weight is 351 g/mol. The van der Waals surface area contributed by atoms with Gasteiger partial charge in [0.1, 0.15) is 0 Å². The molecule has 1 unspecified atom stereocenters. The summed E-state index contributed by atoms with van der Waals surface area (Å²) in [6.45, 7) is 13.9. The summed E-state index contributed by atoms with van der Waals surface area (Å²) >= 11 is 0. The fourth-order valence-corrected chi connectivity index (χ4v) is 2.83. The third-order valence-corrected chi connectivity index (χ3v) is 4.49. The van der Waals surface area contributed by atoms with Crippen molar-refractivity contribution in [2.75, 3.05) is 46.6 Å². The van der Waals surface area contributed by atoms with Gasteiger partial charge in [0.25, 0.3) is 0 Å². The lowest BCUT2D eigenvalue weighted by Crippen LogP contribution is -2.35. The van der Waals surface area contributed by atoms with Crippen LogP contribution in [0.25, 0.3) is 0 Å². The minimum Gasteiger partial charge on any atom is -0.385 e. The Morgan fingerprint density at radius 1 is 1.04 bits per heavy atom. The normalized spacial score (nSPS) is 13.4. The van der Waals surface area contributed by atoms with E-state index in [1.165, 1.54) is 11.1 Å². The zero-order valence-corrected chi connectivity index (χ0v) is 16.9. The third-order valence-electron chi connectivity index (χ3n) is 4.49. The standard InChI is InChI=1S/C21H38N2O2/c1-6-25-16-14-23(13-7-8-15-24-5)17-20(22)18-9-11-19(12-10-18)21(2,3)4/h9-12,20H,6-8,13-17,22H2,1-5H3. The minimum atomic E-state index is 0.0260. The van der Waals surface area contributed by atoms with Crippen molar-refractivity contribution in [2.45, 2.75) is 52.0 Å². The number of unbranched alkanes of at least 4 members (excludes halogenated alkanes) is 1. The van der Waals surface area contributed by atoms with Crippen LogP contribution in [-0.4, -0.2) is 51.5 Å². The van der Waals surface area contributed by atoms with Crippen molar-refractivity contribution in [3.8, 4) is 0 Å². The van der Waals surface area contributed by atoms with Crippen LogP contribution >= 0.6 is 0 Å². The highest BCUT2D eigenvalue weighted by Gasteiger charge is 2.16. The molecule has 0 aliphatic heterocycles. The number of rotatable bonds is 12. The first-order valence-corrected chi connectivity index (χ1v) is 9.53.